The third kappa shape index (κ3) is 3.60. The molecule has 8 rings (SSSR count). The highest BCUT2D eigenvalue weighted by molar-refractivity contribution is 6.23. The lowest BCUT2D eigenvalue weighted by Crippen LogP contribution is -2.01. The number of fused-ring (bicyclic) bond motifs is 5. The normalized spacial score (nSPS) is 11.5. The van der Waals surface area contributed by atoms with E-state index in [1.165, 1.54) is 16.2 Å². The minimum Gasteiger partial charge on any atom is -0.354 e. The van der Waals surface area contributed by atoms with Gasteiger partial charge in [0.15, 0.2) is 17.5 Å². The van der Waals surface area contributed by atoms with Crippen LogP contribution in [0.15, 0.2) is 134 Å². The topological polar surface area (TPSA) is 59.4 Å². The van der Waals surface area contributed by atoms with E-state index < -0.39 is 0 Å². The zero-order chi connectivity index (χ0) is 26.5. The highest BCUT2D eigenvalue weighted by Crippen LogP contribution is 2.39. The highest BCUT2D eigenvalue weighted by atomic mass is 15.0. The average Bonchev–Trinajstić information content (AvgIpc) is 3.63. The molecule has 188 valence electrons. The quantitative estimate of drug-likeness (QED) is 0.257. The molecule has 0 aliphatic carbocycles. The molecule has 5 nitrogen and oxygen atoms in total. The summed E-state index contributed by atoms with van der Waals surface area (Å²) in [4.78, 5) is 18.7. The number of nitrogens with zero attached hydrogens (tertiary/aromatic N) is 4. The molecule has 0 aliphatic rings. The Hall–Kier alpha value is -5.55. The number of hydrogen-bond acceptors (Lipinski definition) is 3. The van der Waals surface area contributed by atoms with Crippen molar-refractivity contribution in [3.63, 3.8) is 0 Å². The van der Waals surface area contributed by atoms with E-state index in [4.69, 9.17) is 15.0 Å². The van der Waals surface area contributed by atoms with Gasteiger partial charge in [-0.25, -0.2) is 15.0 Å². The fourth-order valence-electron chi connectivity index (χ4n) is 5.55. The molecular weight excluding hydrogens is 490 g/mol. The molecule has 5 aromatic carbocycles. The first kappa shape index (κ1) is 22.4. The minimum atomic E-state index is 0.631. The summed E-state index contributed by atoms with van der Waals surface area (Å²) in [7, 11) is 0. The van der Waals surface area contributed by atoms with E-state index in [1.54, 1.807) is 0 Å². The van der Waals surface area contributed by atoms with Crippen LogP contribution in [-0.4, -0.2) is 24.5 Å². The number of rotatable bonds is 4. The van der Waals surface area contributed by atoms with E-state index in [1.807, 2.05) is 66.7 Å². The predicted octanol–water partition coefficient (Wildman–Crippen LogP) is 8.45. The molecule has 5 heteroatoms. The number of aromatic amines is 1. The zero-order valence-electron chi connectivity index (χ0n) is 21.5. The van der Waals surface area contributed by atoms with Crippen LogP contribution in [0, 0.1) is 0 Å². The Balaban J connectivity index is 1.48. The van der Waals surface area contributed by atoms with Crippen LogP contribution in [0.5, 0.6) is 0 Å². The molecule has 3 aromatic heterocycles. The highest BCUT2D eigenvalue weighted by Gasteiger charge is 2.20. The molecule has 0 aliphatic heterocycles. The van der Waals surface area contributed by atoms with Gasteiger partial charge in [-0.3, -0.25) is 0 Å². The van der Waals surface area contributed by atoms with Crippen molar-refractivity contribution in [3.05, 3.63) is 134 Å². The van der Waals surface area contributed by atoms with Gasteiger partial charge in [0, 0.05) is 50.2 Å². The number of H-pyrrole nitrogens is 1. The SMILES string of the molecule is c1ccc(-c2nc(-c3ccccc3)nc(-c3cc4c(ccn4-c4ccccc4)c4c3[nH]c3ccccc34)n2)cc1. The Kier molecular flexibility index (Phi) is 5.07. The molecule has 1 N–H and O–H groups in total. The van der Waals surface area contributed by atoms with Crippen LogP contribution in [-0.2, 0) is 0 Å². The van der Waals surface area contributed by atoms with Gasteiger partial charge in [-0.15, -0.1) is 0 Å². The van der Waals surface area contributed by atoms with Crippen molar-refractivity contribution in [1.29, 1.82) is 0 Å². The van der Waals surface area contributed by atoms with Gasteiger partial charge in [-0.1, -0.05) is 97.1 Å². The van der Waals surface area contributed by atoms with Crippen LogP contribution in [0.2, 0.25) is 0 Å². The number of aromatic nitrogens is 5. The van der Waals surface area contributed by atoms with Crippen molar-refractivity contribution in [2.75, 3.05) is 0 Å². The molecule has 0 fully saturated rings. The van der Waals surface area contributed by atoms with Crippen molar-refractivity contribution in [1.82, 2.24) is 24.5 Å². The largest absolute Gasteiger partial charge is 0.354 e. The molecular formula is C35H23N5. The van der Waals surface area contributed by atoms with Crippen molar-refractivity contribution < 1.29 is 0 Å². The fourth-order valence-corrected chi connectivity index (χ4v) is 5.55. The molecule has 8 aromatic rings. The van der Waals surface area contributed by atoms with E-state index in [2.05, 4.69) is 76.4 Å². The van der Waals surface area contributed by atoms with Gasteiger partial charge in [-0.2, -0.15) is 0 Å². The van der Waals surface area contributed by atoms with E-state index in [0.717, 1.165) is 38.9 Å². The second-order valence-corrected chi connectivity index (χ2v) is 9.84. The van der Waals surface area contributed by atoms with Crippen molar-refractivity contribution in [2.24, 2.45) is 0 Å². The van der Waals surface area contributed by atoms with Gasteiger partial charge in [0.25, 0.3) is 0 Å². The first-order valence-corrected chi connectivity index (χ1v) is 13.3. The molecule has 3 heterocycles. The molecule has 0 atom stereocenters. The molecule has 0 unspecified atom stereocenters. The Morgan fingerprint density at radius 3 is 1.77 bits per heavy atom. The Morgan fingerprint density at radius 2 is 1.10 bits per heavy atom. The van der Waals surface area contributed by atoms with Crippen LogP contribution < -0.4 is 0 Å². The molecule has 0 saturated carbocycles. The first-order valence-electron chi connectivity index (χ1n) is 13.3. The van der Waals surface area contributed by atoms with Crippen LogP contribution in [0.1, 0.15) is 0 Å². The molecule has 0 radical (unpaired) electrons. The maximum absolute atomic E-state index is 5.06. The summed E-state index contributed by atoms with van der Waals surface area (Å²) in [5, 5.41) is 3.53. The Bertz CT molecular complexity index is 2090. The average molecular weight is 514 g/mol. The summed E-state index contributed by atoms with van der Waals surface area (Å²) >= 11 is 0. The van der Waals surface area contributed by atoms with Gasteiger partial charge >= 0.3 is 0 Å². The summed E-state index contributed by atoms with van der Waals surface area (Å²) in [6.07, 6.45) is 2.14. The first-order chi connectivity index (χ1) is 19.8. The van der Waals surface area contributed by atoms with Gasteiger partial charge in [-0.05, 0) is 30.3 Å². The Morgan fingerprint density at radius 1 is 0.525 bits per heavy atom. The molecule has 0 amide bonds. The minimum absolute atomic E-state index is 0.631. The van der Waals surface area contributed by atoms with E-state index >= 15 is 0 Å². The fraction of sp³-hybridized carbons (Fsp3) is 0. The third-order valence-electron chi connectivity index (χ3n) is 7.43. The van der Waals surface area contributed by atoms with Crippen LogP contribution in [0.3, 0.4) is 0 Å². The molecule has 0 spiro atoms. The third-order valence-corrected chi connectivity index (χ3v) is 7.43. The number of para-hydroxylation sites is 2. The molecule has 0 saturated heterocycles. The van der Waals surface area contributed by atoms with Gasteiger partial charge < -0.3 is 9.55 Å². The van der Waals surface area contributed by atoms with Crippen molar-refractivity contribution in [3.8, 4) is 39.9 Å². The van der Waals surface area contributed by atoms with Crippen LogP contribution >= 0.6 is 0 Å². The summed E-state index contributed by atoms with van der Waals surface area (Å²) in [5.41, 5.74) is 7.14. The maximum Gasteiger partial charge on any atom is 0.166 e. The second-order valence-electron chi connectivity index (χ2n) is 9.84. The standard InChI is InChI=1S/C35H23N5/c1-4-12-23(13-5-1)33-37-34(24-14-6-2-7-15-24)39-35(38-33)28-22-30-27(20-21-40(30)25-16-8-3-9-17-25)31-26-18-10-11-19-29(26)36-32(28)31/h1-22,36H. The lowest BCUT2D eigenvalue weighted by Gasteiger charge is -2.11. The van der Waals surface area contributed by atoms with Gasteiger partial charge in [0.2, 0.25) is 0 Å². The number of benzene rings is 5. The van der Waals surface area contributed by atoms with Crippen LogP contribution in [0.25, 0.3) is 72.6 Å². The summed E-state index contributed by atoms with van der Waals surface area (Å²) in [6.45, 7) is 0. The molecule has 0 bridgehead atoms. The number of nitrogens with one attached hydrogen (secondary N) is 1. The van der Waals surface area contributed by atoms with Crippen molar-refractivity contribution in [2.45, 2.75) is 0 Å². The maximum atomic E-state index is 5.06. The van der Waals surface area contributed by atoms with Crippen LogP contribution in [0.4, 0.5) is 0 Å². The lowest BCUT2D eigenvalue weighted by molar-refractivity contribution is 1.07. The van der Waals surface area contributed by atoms with E-state index in [0.29, 0.717) is 17.5 Å². The molecule has 40 heavy (non-hydrogen) atoms. The van der Waals surface area contributed by atoms with E-state index in [9.17, 15) is 0 Å². The van der Waals surface area contributed by atoms with E-state index in [-0.39, 0.29) is 0 Å². The summed E-state index contributed by atoms with van der Waals surface area (Å²) < 4.78 is 2.23. The predicted molar refractivity (Wildman–Crippen MR) is 162 cm³/mol. The van der Waals surface area contributed by atoms with Crippen molar-refractivity contribution >= 4 is 32.7 Å². The zero-order valence-corrected chi connectivity index (χ0v) is 21.5. The smallest absolute Gasteiger partial charge is 0.166 e. The lowest BCUT2D eigenvalue weighted by atomic mass is 10.0. The van der Waals surface area contributed by atoms with Gasteiger partial charge in [0.1, 0.15) is 0 Å². The summed E-state index contributed by atoms with van der Waals surface area (Å²) in [6, 6.07) is 43.5. The Labute approximate surface area is 230 Å². The summed E-state index contributed by atoms with van der Waals surface area (Å²) in [5.74, 6) is 1.92. The second kappa shape index (κ2) is 9.03. The number of hydrogen-bond donors (Lipinski definition) is 1. The van der Waals surface area contributed by atoms with Gasteiger partial charge in [0.05, 0.1) is 11.0 Å². The monoisotopic (exact) mass is 513 g/mol.